The first-order valence-electron chi connectivity index (χ1n) is 22.7. The number of ether oxygens (including phenoxy) is 2. The number of nitrogens with zero attached hydrogens (tertiary/aromatic N) is 1. The van der Waals surface area contributed by atoms with Gasteiger partial charge in [-0.05, 0) is 76.4 Å². The molecule has 0 aliphatic rings. The minimum atomic E-state index is -0.0179. The molecule has 5 heteroatoms. The van der Waals surface area contributed by atoms with E-state index in [4.69, 9.17) is 9.47 Å². The number of esters is 2. The number of hydrogen-bond acceptors (Lipinski definition) is 5. The Bertz CT molecular complexity index is 890. The molecule has 52 heavy (non-hydrogen) atoms. The molecule has 0 aromatic heterocycles. The van der Waals surface area contributed by atoms with Crippen molar-refractivity contribution in [3.63, 3.8) is 0 Å². The van der Waals surface area contributed by atoms with E-state index in [-0.39, 0.29) is 18.0 Å². The van der Waals surface area contributed by atoms with Gasteiger partial charge in [-0.25, -0.2) is 0 Å². The molecular formula is C47H85NO4. The zero-order chi connectivity index (χ0) is 37.6. The Balaban J connectivity index is 2.26. The molecule has 0 radical (unpaired) electrons. The summed E-state index contributed by atoms with van der Waals surface area (Å²) >= 11 is 0. The van der Waals surface area contributed by atoms with Crippen LogP contribution in [0, 0.1) is 0 Å². The molecule has 0 spiro atoms. The standard InChI is InChI=1S/C47H85NO4/c1-4-7-10-13-17-27-36-45(37-28-18-14-11-8-5-2)52-47(50)39-30-20-16-22-32-41-48(43-44-34-25-24-26-35-44)40-31-21-15-19-29-38-46(49)51-42-33-23-12-9-6-3/h24-26,34-35,45H,4-23,27-33,36-43H2,1-3H3. The lowest BCUT2D eigenvalue weighted by atomic mass is 10.0. The molecule has 0 amide bonds. The Morgan fingerprint density at radius 1 is 0.500 bits per heavy atom. The van der Waals surface area contributed by atoms with E-state index in [0.717, 1.165) is 64.6 Å². The first-order chi connectivity index (χ1) is 25.6. The Labute approximate surface area is 323 Å². The van der Waals surface area contributed by atoms with E-state index in [0.29, 0.717) is 19.4 Å². The van der Waals surface area contributed by atoms with Crippen molar-refractivity contribution in [3.8, 4) is 0 Å². The minimum Gasteiger partial charge on any atom is -0.466 e. The number of carbonyl (C=O) groups excluding carboxylic acids is 2. The van der Waals surface area contributed by atoms with Crippen molar-refractivity contribution in [2.45, 2.75) is 232 Å². The van der Waals surface area contributed by atoms with Crippen molar-refractivity contribution >= 4 is 11.9 Å². The highest BCUT2D eigenvalue weighted by molar-refractivity contribution is 5.69. The van der Waals surface area contributed by atoms with E-state index in [1.165, 1.54) is 147 Å². The highest BCUT2D eigenvalue weighted by atomic mass is 16.5. The van der Waals surface area contributed by atoms with Gasteiger partial charge in [0.25, 0.3) is 0 Å². The summed E-state index contributed by atoms with van der Waals surface area (Å²) in [6.45, 7) is 10.6. The molecule has 0 saturated carbocycles. The third-order valence-corrected chi connectivity index (χ3v) is 10.5. The van der Waals surface area contributed by atoms with Crippen LogP contribution in [0.1, 0.15) is 225 Å². The number of hydrogen-bond donors (Lipinski definition) is 0. The van der Waals surface area contributed by atoms with Crippen LogP contribution in [0.3, 0.4) is 0 Å². The minimum absolute atomic E-state index is 0.0179. The average molecular weight is 728 g/mol. The average Bonchev–Trinajstić information content (AvgIpc) is 3.15. The van der Waals surface area contributed by atoms with Gasteiger partial charge < -0.3 is 9.47 Å². The predicted molar refractivity (Wildman–Crippen MR) is 223 cm³/mol. The van der Waals surface area contributed by atoms with Gasteiger partial charge in [-0.2, -0.15) is 0 Å². The van der Waals surface area contributed by atoms with E-state index < -0.39 is 0 Å². The molecule has 0 heterocycles. The van der Waals surface area contributed by atoms with Gasteiger partial charge >= 0.3 is 11.9 Å². The number of rotatable bonds is 39. The summed E-state index contributed by atoms with van der Waals surface area (Å²) in [5, 5.41) is 0. The van der Waals surface area contributed by atoms with E-state index in [2.05, 4.69) is 56.0 Å². The fourth-order valence-corrected chi connectivity index (χ4v) is 7.16. The molecule has 0 fully saturated rings. The Morgan fingerprint density at radius 2 is 0.923 bits per heavy atom. The topological polar surface area (TPSA) is 55.8 Å². The van der Waals surface area contributed by atoms with Crippen LogP contribution in [0.4, 0.5) is 0 Å². The summed E-state index contributed by atoms with van der Waals surface area (Å²) in [7, 11) is 0. The summed E-state index contributed by atoms with van der Waals surface area (Å²) in [6.07, 6.45) is 36.1. The highest BCUT2D eigenvalue weighted by Gasteiger charge is 2.14. The maximum absolute atomic E-state index is 12.8. The van der Waals surface area contributed by atoms with Crippen LogP contribution in [0.5, 0.6) is 0 Å². The Hall–Kier alpha value is -1.88. The number of carbonyl (C=O) groups is 2. The van der Waals surface area contributed by atoms with E-state index >= 15 is 0 Å². The fraction of sp³-hybridized carbons (Fsp3) is 0.830. The molecule has 0 unspecified atom stereocenters. The second-order valence-electron chi connectivity index (χ2n) is 15.7. The predicted octanol–water partition coefficient (Wildman–Crippen LogP) is 14.1. The van der Waals surface area contributed by atoms with Crippen LogP contribution in [-0.4, -0.2) is 42.6 Å². The molecule has 1 aromatic rings. The van der Waals surface area contributed by atoms with Crippen molar-refractivity contribution < 1.29 is 19.1 Å². The quantitative estimate of drug-likeness (QED) is 0.0499. The van der Waals surface area contributed by atoms with E-state index in [9.17, 15) is 9.59 Å². The molecular weight excluding hydrogens is 643 g/mol. The van der Waals surface area contributed by atoms with Gasteiger partial charge in [-0.1, -0.05) is 180 Å². The number of benzene rings is 1. The van der Waals surface area contributed by atoms with Gasteiger partial charge in [0, 0.05) is 19.4 Å². The fourth-order valence-electron chi connectivity index (χ4n) is 7.16. The number of unbranched alkanes of at least 4 members (excludes halogenated alkanes) is 22. The first-order valence-corrected chi connectivity index (χ1v) is 22.7. The molecule has 302 valence electrons. The lowest BCUT2D eigenvalue weighted by molar-refractivity contribution is -0.150. The molecule has 5 nitrogen and oxygen atoms in total. The van der Waals surface area contributed by atoms with Gasteiger partial charge in [-0.3, -0.25) is 14.5 Å². The van der Waals surface area contributed by atoms with Crippen LogP contribution in [0.15, 0.2) is 30.3 Å². The summed E-state index contributed by atoms with van der Waals surface area (Å²) in [6, 6.07) is 10.9. The van der Waals surface area contributed by atoms with Crippen LogP contribution in [0.25, 0.3) is 0 Å². The normalized spacial score (nSPS) is 11.5. The Kier molecular flexibility index (Phi) is 34.7. The third kappa shape index (κ3) is 31.6. The van der Waals surface area contributed by atoms with Crippen molar-refractivity contribution in [1.82, 2.24) is 4.90 Å². The van der Waals surface area contributed by atoms with Gasteiger partial charge in [0.1, 0.15) is 6.10 Å². The van der Waals surface area contributed by atoms with Crippen LogP contribution in [-0.2, 0) is 25.6 Å². The van der Waals surface area contributed by atoms with Crippen LogP contribution >= 0.6 is 0 Å². The Morgan fingerprint density at radius 3 is 1.44 bits per heavy atom. The lowest BCUT2D eigenvalue weighted by Crippen LogP contribution is -2.25. The molecule has 0 N–H and O–H groups in total. The van der Waals surface area contributed by atoms with Crippen molar-refractivity contribution in [2.75, 3.05) is 19.7 Å². The highest BCUT2D eigenvalue weighted by Crippen LogP contribution is 2.19. The van der Waals surface area contributed by atoms with Crippen LogP contribution < -0.4 is 0 Å². The van der Waals surface area contributed by atoms with Gasteiger partial charge in [-0.15, -0.1) is 0 Å². The molecule has 1 aromatic carbocycles. The summed E-state index contributed by atoms with van der Waals surface area (Å²) in [4.78, 5) is 27.4. The van der Waals surface area contributed by atoms with Crippen molar-refractivity contribution in [2.24, 2.45) is 0 Å². The smallest absolute Gasteiger partial charge is 0.306 e. The zero-order valence-corrected chi connectivity index (χ0v) is 34.8. The lowest BCUT2D eigenvalue weighted by Gasteiger charge is -2.22. The van der Waals surface area contributed by atoms with Gasteiger partial charge in [0.2, 0.25) is 0 Å². The third-order valence-electron chi connectivity index (χ3n) is 10.5. The summed E-state index contributed by atoms with van der Waals surface area (Å²) < 4.78 is 11.5. The largest absolute Gasteiger partial charge is 0.466 e. The summed E-state index contributed by atoms with van der Waals surface area (Å²) in [5.41, 5.74) is 1.39. The van der Waals surface area contributed by atoms with Crippen molar-refractivity contribution in [1.29, 1.82) is 0 Å². The summed E-state index contributed by atoms with van der Waals surface area (Å²) in [5.74, 6) is 0.0137. The SMILES string of the molecule is CCCCCCCCC(CCCCCCCC)OC(=O)CCCCCCCN(CCCCCCCC(=O)OCCCCCCC)Cc1ccccc1. The molecule has 0 bridgehead atoms. The molecule has 0 saturated heterocycles. The maximum atomic E-state index is 12.8. The molecule has 1 rings (SSSR count). The zero-order valence-electron chi connectivity index (χ0n) is 34.8. The van der Waals surface area contributed by atoms with E-state index in [1.807, 2.05) is 0 Å². The van der Waals surface area contributed by atoms with Crippen LogP contribution in [0.2, 0.25) is 0 Å². The molecule has 0 aliphatic heterocycles. The van der Waals surface area contributed by atoms with Crippen molar-refractivity contribution in [3.05, 3.63) is 35.9 Å². The van der Waals surface area contributed by atoms with Gasteiger partial charge in [0.05, 0.1) is 6.61 Å². The second kappa shape index (κ2) is 37.4. The maximum Gasteiger partial charge on any atom is 0.306 e. The monoisotopic (exact) mass is 728 g/mol. The van der Waals surface area contributed by atoms with Gasteiger partial charge in [0.15, 0.2) is 0 Å². The molecule has 0 aliphatic carbocycles. The first kappa shape index (κ1) is 48.1. The van der Waals surface area contributed by atoms with E-state index in [1.54, 1.807) is 0 Å². The second-order valence-corrected chi connectivity index (χ2v) is 15.7. The molecule has 0 atom stereocenters.